The minimum Gasteiger partial charge on any atom is -0.507 e. The van der Waals surface area contributed by atoms with Crippen molar-refractivity contribution in [2.75, 3.05) is 0 Å². The average Bonchev–Trinajstić information content (AvgIpc) is 2.39. The molecule has 98 valence electrons. The van der Waals surface area contributed by atoms with Gasteiger partial charge in [0.25, 0.3) is 0 Å². The minimum atomic E-state index is 0.371. The van der Waals surface area contributed by atoms with Gasteiger partial charge in [0.1, 0.15) is 5.76 Å². The molecule has 2 heteroatoms. The largest absolute Gasteiger partial charge is 0.507 e. The van der Waals surface area contributed by atoms with E-state index >= 15 is 0 Å². The lowest BCUT2D eigenvalue weighted by Gasteiger charge is -2.01. The van der Waals surface area contributed by atoms with Gasteiger partial charge in [0.05, 0.1) is 0 Å². The third kappa shape index (κ3) is 11.8. The molecule has 0 aliphatic carbocycles. The van der Waals surface area contributed by atoms with Gasteiger partial charge in [-0.15, -0.1) is 0 Å². The Bertz CT molecular complexity index is 187. The highest BCUT2D eigenvalue weighted by Gasteiger charge is 1.97. The molecule has 0 amide bonds. The first-order valence-corrected chi connectivity index (χ1v) is 7.21. The Labute approximate surface area is 111 Å². The van der Waals surface area contributed by atoms with Gasteiger partial charge in [-0.2, -0.15) is 0 Å². The zero-order valence-electron chi connectivity index (χ0n) is 12.0. The molecule has 0 heterocycles. The Hall–Kier alpha value is -0.240. The summed E-state index contributed by atoms with van der Waals surface area (Å²) in [5.41, 5.74) is 1.28. The summed E-state index contributed by atoms with van der Waals surface area (Å²) in [5, 5.41) is 9.51. The summed E-state index contributed by atoms with van der Waals surface area (Å²) >= 11 is 3.31. The van der Waals surface area contributed by atoms with E-state index in [0.29, 0.717) is 5.76 Å². The molecule has 0 aromatic rings. The summed E-state index contributed by atoms with van der Waals surface area (Å²) in [6, 6.07) is 0. The van der Waals surface area contributed by atoms with Crippen LogP contribution in [0.15, 0.2) is 21.9 Å². The van der Waals surface area contributed by atoms with Crippen LogP contribution >= 0.6 is 15.9 Å². The van der Waals surface area contributed by atoms with Crippen LogP contribution in [-0.4, -0.2) is 5.11 Å². The second-order valence-corrected chi connectivity index (χ2v) is 3.61. The maximum absolute atomic E-state index is 9.51. The van der Waals surface area contributed by atoms with Crippen LogP contribution in [0.4, 0.5) is 0 Å². The van der Waals surface area contributed by atoms with E-state index < -0.39 is 0 Å². The van der Waals surface area contributed by atoms with Crippen molar-refractivity contribution in [2.45, 2.75) is 67.7 Å². The van der Waals surface area contributed by atoms with Crippen molar-refractivity contribution < 1.29 is 5.11 Å². The monoisotopic (exact) mass is 292 g/mol. The molecule has 0 saturated heterocycles. The van der Waals surface area contributed by atoms with Gasteiger partial charge in [-0.3, -0.25) is 0 Å². The van der Waals surface area contributed by atoms with Crippen molar-refractivity contribution in [1.82, 2.24) is 0 Å². The zero-order valence-corrected chi connectivity index (χ0v) is 13.6. The van der Waals surface area contributed by atoms with Crippen LogP contribution < -0.4 is 0 Å². The Morgan fingerprint density at radius 3 is 1.56 bits per heavy atom. The summed E-state index contributed by atoms with van der Waals surface area (Å²) in [7, 11) is 0. The zero-order chi connectivity index (χ0) is 13.6. The molecule has 0 radical (unpaired) electrons. The van der Waals surface area contributed by atoms with E-state index in [0.717, 1.165) is 23.7 Å². The van der Waals surface area contributed by atoms with E-state index in [-0.39, 0.29) is 0 Å². The molecular formula is C14H29BrO. The number of rotatable bonds is 4. The van der Waals surface area contributed by atoms with Crippen molar-refractivity contribution in [3.05, 3.63) is 21.9 Å². The second-order valence-electron chi connectivity index (χ2n) is 2.65. The van der Waals surface area contributed by atoms with Crippen LogP contribution in [0.25, 0.3) is 0 Å². The first-order valence-electron chi connectivity index (χ1n) is 6.42. The summed E-state index contributed by atoms with van der Waals surface area (Å²) in [5.74, 6) is 0.371. The van der Waals surface area contributed by atoms with Crippen molar-refractivity contribution in [3.8, 4) is 0 Å². The van der Waals surface area contributed by atoms with Crippen LogP contribution in [0.1, 0.15) is 67.7 Å². The fraction of sp³-hybridized carbons (Fsp3) is 0.714. The summed E-state index contributed by atoms with van der Waals surface area (Å²) in [4.78, 5) is 0. The highest BCUT2D eigenvalue weighted by Crippen LogP contribution is 2.17. The molecule has 0 aliphatic rings. The Morgan fingerprint density at radius 2 is 1.31 bits per heavy atom. The normalized spacial score (nSPS) is 10.0. The standard InChI is InChI=1S/C10H17BrO.2C2H6/c1-4-8(5-2)7-10(12)9(11)6-3;2*1-2/h7,12H,4-6H2,1-3H3;2*1-2H3/b10-9-;;. The fourth-order valence-electron chi connectivity index (χ4n) is 0.907. The molecule has 0 spiro atoms. The second kappa shape index (κ2) is 17.2. The minimum absolute atomic E-state index is 0.371. The van der Waals surface area contributed by atoms with Crippen molar-refractivity contribution in [2.24, 2.45) is 0 Å². The number of allylic oxidation sites excluding steroid dienone is 3. The molecule has 0 aromatic heterocycles. The van der Waals surface area contributed by atoms with Crippen LogP contribution in [0.2, 0.25) is 0 Å². The van der Waals surface area contributed by atoms with Gasteiger partial charge in [0.15, 0.2) is 0 Å². The van der Waals surface area contributed by atoms with Crippen LogP contribution in [0.3, 0.4) is 0 Å². The summed E-state index contributed by atoms with van der Waals surface area (Å²) in [6.45, 7) is 14.2. The predicted molar refractivity (Wildman–Crippen MR) is 80.2 cm³/mol. The van der Waals surface area contributed by atoms with Crippen molar-refractivity contribution in [3.63, 3.8) is 0 Å². The summed E-state index contributed by atoms with van der Waals surface area (Å²) in [6.07, 6.45) is 4.70. The van der Waals surface area contributed by atoms with Crippen LogP contribution in [-0.2, 0) is 0 Å². The van der Waals surface area contributed by atoms with Crippen LogP contribution in [0.5, 0.6) is 0 Å². The van der Waals surface area contributed by atoms with Crippen molar-refractivity contribution in [1.29, 1.82) is 0 Å². The fourth-order valence-corrected chi connectivity index (χ4v) is 1.02. The van der Waals surface area contributed by atoms with Gasteiger partial charge in [-0.25, -0.2) is 0 Å². The van der Waals surface area contributed by atoms with E-state index in [2.05, 4.69) is 29.8 Å². The smallest absolute Gasteiger partial charge is 0.125 e. The molecule has 16 heavy (non-hydrogen) atoms. The first-order chi connectivity index (χ1) is 7.65. The lowest BCUT2D eigenvalue weighted by molar-refractivity contribution is 0.427. The van der Waals surface area contributed by atoms with E-state index in [1.807, 2.05) is 40.7 Å². The van der Waals surface area contributed by atoms with E-state index in [1.165, 1.54) is 5.57 Å². The molecule has 0 atom stereocenters. The third-order valence-electron chi connectivity index (χ3n) is 1.84. The molecule has 0 bridgehead atoms. The molecule has 1 N–H and O–H groups in total. The van der Waals surface area contributed by atoms with Gasteiger partial charge in [-0.05, 0) is 25.3 Å². The third-order valence-corrected chi connectivity index (χ3v) is 2.80. The number of halogens is 1. The molecule has 0 fully saturated rings. The van der Waals surface area contributed by atoms with E-state index in [1.54, 1.807) is 0 Å². The number of aliphatic hydroxyl groups is 1. The van der Waals surface area contributed by atoms with Crippen molar-refractivity contribution >= 4 is 15.9 Å². The number of hydrogen-bond donors (Lipinski definition) is 1. The van der Waals surface area contributed by atoms with E-state index in [4.69, 9.17) is 0 Å². The lowest BCUT2D eigenvalue weighted by Crippen LogP contribution is -1.84. The van der Waals surface area contributed by atoms with E-state index in [9.17, 15) is 5.11 Å². The molecule has 0 unspecified atom stereocenters. The number of hydrogen-bond acceptors (Lipinski definition) is 1. The Kier molecular flexibility index (Phi) is 22.6. The predicted octanol–water partition coefficient (Wildman–Crippen LogP) is 6.36. The lowest BCUT2D eigenvalue weighted by atomic mass is 10.1. The SMILES string of the molecule is CC.CC.CCC(=C/C(O)=C(/Br)CC)CC. The summed E-state index contributed by atoms with van der Waals surface area (Å²) < 4.78 is 0.877. The average molecular weight is 293 g/mol. The molecule has 0 aromatic carbocycles. The number of aliphatic hydroxyl groups excluding tert-OH is 1. The quantitative estimate of drug-likeness (QED) is 0.472. The molecule has 0 saturated carbocycles. The first kappa shape index (κ1) is 21.1. The maximum Gasteiger partial charge on any atom is 0.125 e. The van der Waals surface area contributed by atoms with Crippen LogP contribution in [0, 0.1) is 0 Å². The van der Waals surface area contributed by atoms with Gasteiger partial charge in [0.2, 0.25) is 0 Å². The molecule has 0 rings (SSSR count). The highest BCUT2D eigenvalue weighted by molar-refractivity contribution is 9.11. The molecular weight excluding hydrogens is 264 g/mol. The van der Waals surface area contributed by atoms with Gasteiger partial charge < -0.3 is 5.11 Å². The van der Waals surface area contributed by atoms with Gasteiger partial charge >= 0.3 is 0 Å². The molecule has 0 aliphatic heterocycles. The van der Waals surface area contributed by atoms with Gasteiger partial charge in [0, 0.05) is 4.48 Å². The highest BCUT2D eigenvalue weighted by atomic mass is 79.9. The Balaban J connectivity index is -0.000000376. The Morgan fingerprint density at radius 1 is 0.938 bits per heavy atom. The van der Waals surface area contributed by atoms with Gasteiger partial charge in [-0.1, -0.05) is 70.0 Å². The topological polar surface area (TPSA) is 20.2 Å². The molecule has 1 nitrogen and oxygen atoms in total. The maximum atomic E-state index is 9.51.